The van der Waals surface area contributed by atoms with Crippen molar-refractivity contribution in [3.05, 3.63) is 46.3 Å². The van der Waals surface area contributed by atoms with Crippen LogP contribution in [0.25, 0.3) is 0 Å². The molecule has 1 atom stereocenters. The maximum Gasteiger partial charge on any atom is 0.265 e. The van der Waals surface area contributed by atoms with Crippen LogP contribution >= 0.6 is 11.3 Å². The zero-order chi connectivity index (χ0) is 15.5. The zero-order valence-electron chi connectivity index (χ0n) is 12.3. The molecule has 0 radical (unpaired) electrons. The number of fused-ring (bicyclic) bond motifs is 1. The van der Waals surface area contributed by atoms with E-state index >= 15 is 0 Å². The van der Waals surface area contributed by atoms with E-state index in [0.29, 0.717) is 16.3 Å². The molecule has 1 aromatic carbocycles. The van der Waals surface area contributed by atoms with E-state index in [0.717, 1.165) is 24.8 Å². The lowest BCUT2D eigenvalue weighted by atomic mass is 10.1. The lowest BCUT2D eigenvalue weighted by Crippen LogP contribution is -2.30. The molecule has 5 heteroatoms. The van der Waals surface area contributed by atoms with E-state index in [1.165, 1.54) is 16.2 Å². The van der Waals surface area contributed by atoms with Gasteiger partial charge in [0.2, 0.25) is 0 Å². The molecule has 0 saturated carbocycles. The average molecular weight is 312 g/mol. The van der Waals surface area contributed by atoms with Gasteiger partial charge in [0, 0.05) is 4.88 Å². The third-order valence-electron chi connectivity index (χ3n) is 3.70. The first-order chi connectivity index (χ1) is 10.7. The lowest BCUT2D eigenvalue weighted by molar-refractivity contribution is -0.122. The SMILES string of the molecule is CC(Oc1ccccc1)C(=O)Nc1sc2c(c1C#N)CCC2. The Bertz CT molecular complexity index is 731. The molecule has 1 aliphatic carbocycles. The standard InChI is InChI=1S/C17H16N2O2S/c1-11(21-12-6-3-2-4-7-12)16(20)19-17-14(10-18)13-8-5-9-15(13)22-17/h2-4,6-7,11H,5,8-9H2,1H3,(H,19,20). The fourth-order valence-electron chi connectivity index (χ4n) is 2.58. The molecule has 1 aliphatic rings. The molecule has 2 aromatic rings. The van der Waals surface area contributed by atoms with E-state index in [4.69, 9.17) is 4.74 Å². The number of benzene rings is 1. The van der Waals surface area contributed by atoms with Gasteiger partial charge in [0.15, 0.2) is 6.10 Å². The van der Waals surface area contributed by atoms with Crippen molar-refractivity contribution in [1.29, 1.82) is 5.26 Å². The van der Waals surface area contributed by atoms with E-state index in [-0.39, 0.29) is 5.91 Å². The zero-order valence-corrected chi connectivity index (χ0v) is 13.1. The Morgan fingerprint density at radius 1 is 1.36 bits per heavy atom. The van der Waals surface area contributed by atoms with Crippen LogP contribution in [0.5, 0.6) is 5.75 Å². The monoisotopic (exact) mass is 312 g/mol. The Balaban J connectivity index is 1.71. The Kier molecular flexibility index (Phi) is 4.12. The number of aryl methyl sites for hydroxylation is 1. The number of nitrogens with one attached hydrogen (secondary N) is 1. The molecule has 3 rings (SSSR count). The third-order valence-corrected chi connectivity index (χ3v) is 4.90. The number of anilines is 1. The van der Waals surface area contributed by atoms with Crippen LogP contribution in [0.1, 0.15) is 29.3 Å². The number of rotatable bonds is 4. The van der Waals surface area contributed by atoms with Crippen molar-refractivity contribution in [3.8, 4) is 11.8 Å². The van der Waals surface area contributed by atoms with Crippen LogP contribution in [0.3, 0.4) is 0 Å². The topological polar surface area (TPSA) is 62.1 Å². The fourth-order valence-corrected chi connectivity index (χ4v) is 3.82. The summed E-state index contributed by atoms with van der Waals surface area (Å²) >= 11 is 1.52. The van der Waals surface area contributed by atoms with Crippen LogP contribution in [0.4, 0.5) is 5.00 Å². The van der Waals surface area contributed by atoms with Crippen LogP contribution in [-0.4, -0.2) is 12.0 Å². The number of hydrogen-bond donors (Lipinski definition) is 1. The molecule has 112 valence electrons. The first kappa shape index (κ1) is 14.6. The predicted octanol–water partition coefficient (Wildman–Crippen LogP) is 3.51. The van der Waals surface area contributed by atoms with Gasteiger partial charge in [-0.3, -0.25) is 4.79 Å². The van der Waals surface area contributed by atoms with Crippen molar-refractivity contribution in [1.82, 2.24) is 0 Å². The number of carbonyl (C=O) groups excluding carboxylic acids is 1. The van der Waals surface area contributed by atoms with Gasteiger partial charge in [0.25, 0.3) is 5.91 Å². The molecular formula is C17H16N2O2S. The van der Waals surface area contributed by atoms with Gasteiger partial charge < -0.3 is 10.1 Å². The lowest BCUT2D eigenvalue weighted by Gasteiger charge is -2.14. The molecule has 1 amide bonds. The molecule has 0 spiro atoms. The van der Waals surface area contributed by atoms with Crippen molar-refractivity contribution in [2.75, 3.05) is 5.32 Å². The minimum Gasteiger partial charge on any atom is -0.481 e. The Morgan fingerprint density at radius 3 is 2.86 bits per heavy atom. The maximum absolute atomic E-state index is 12.3. The summed E-state index contributed by atoms with van der Waals surface area (Å²) < 4.78 is 5.61. The Morgan fingerprint density at radius 2 is 2.14 bits per heavy atom. The second-order valence-electron chi connectivity index (χ2n) is 5.24. The second kappa shape index (κ2) is 6.20. The Labute approximate surface area is 133 Å². The minimum absolute atomic E-state index is 0.236. The molecule has 1 N–H and O–H groups in total. The quantitative estimate of drug-likeness (QED) is 0.939. The maximum atomic E-state index is 12.3. The molecule has 1 aromatic heterocycles. The van der Waals surface area contributed by atoms with E-state index in [1.807, 2.05) is 30.3 Å². The van der Waals surface area contributed by atoms with Gasteiger partial charge in [0.05, 0.1) is 5.56 Å². The van der Waals surface area contributed by atoms with Crippen LogP contribution in [-0.2, 0) is 17.6 Å². The molecule has 1 heterocycles. The van der Waals surface area contributed by atoms with Crippen LogP contribution in [0, 0.1) is 11.3 Å². The number of carbonyl (C=O) groups is 1. The van der Waals surface area contributed by atoms with Gasteiger partial charge in [-0.15, -0.1) is 11.3 Å². The highest BCUT2D eigenvalue weighted by atomic mass is 32.1. The second-order valence-corrected chi connectivity index (χ2v) is 6.34. The number of nitriles is 1. The van der Waals surface area contributed by atoms with E-state index < -0.39 is 6.10 Å². The van der Waals surface area contributed by atoms with Gasteiger partial charge in [-0.1, -0.05) is 18.2 Å². The van der Waals surface area contributed by atoms with E-state index in [1.54, 1.807) is 6.92 Å². The van der Waals surface area contributed by atoms with Crippen molar-refractivity contribution in [2.24, 2.45) is 0 Å². The predicted molar refractivity (Wildman–Crippen MR) is 86.2 cm³/mol. The summed E-state index contributed by atoms with van der Waals surface area (Å²) in [4.78, 5) is 13.5. The highest BCUT2D eigenvalue weighted by Gasteiger charge is 2.24. The molecule has 1 unspecified atom stereocenters. The summed E-state index contributed by atoms with van der Waals surface area (Å²) in [6, 6.07) is 11.5. The molecule has 22 heavy (non-hydrogen) atoms. The summed E-state index contributed by atoms with van der Waals surface area (Å²) in [7, 11) is 0. The Hall–Kier alpha value is -2.32. The van der Waals surface area contributed by atoms with E-state index in [9.17, 15) is 10.1 Å². The highest BCUT2D eigenvalue weighted by Crippen LogP contribution is 2.38. The van der Waals surface area contributed by atoms with E-state index in [2.05, 4.69) is 11.4 Å². The largest absolute Gasteiger partial charge is 0.481 e. The number of ether oxygens (including phenoxy) is 1. The van der Waals surface area contributed by atoms with Crippen molar-refractivity contribution >= 4 is 22.2 Å². The molecule has 0 fully saturated rings. The minimum atomic E-state index is -0.620. The fraction of sp³-hybridized carbons (Fsp3) is 0.294. The summed E-state index contributed by atoms with van der Waals surface area (Å²) in [6.45, 7) is 1.70. The van der Waals surface area contributed by atoms with Crippen molar-refractivity contribution in [3.63, 3.8) is 0 Å². The smallest absolute Gasteiger partial charge is 0.265 e. The van der Waals surface area contributed by atoms with Gasteiger partial charge in [-0.05, 0) is 43.9 Å². The summed E-state index contributed by atoms with van der Waals surface area (Å²) in [5.74, 6) is 0.416. The van der Waals surface area contributed by atoms with Crippen LogP contribution in [0.15, 0.2) is 30.3 Å². The van der Waals surface area contributed by atoms with Crippen molar-refractivity contribution < 1.29 is 9.53 Å². The van der Waals surface area contributed by atoms with Gasteiger partial charge >= 0.3 is 0 Å². The number of para-hydroxylation sites is 1. The van der Waals surface area contributed by atoms with Gasteiger partial charge in [-0.25, -0.2) is 0 Å². The van der Waals surface area contributed by atoms with Gasteiger partial charge in [0.1, 0.15) is 16.8 Å². The molecule has 0 bridgehead atoms. The number of nitrogens with zero attached hydrogens (tertiary/aromatic N) is 1. The number of hydrogen-bond acceptors (Lipinski definition) is 4. The molecule has 4 nitrogen and oxygen atoms in total. The van der Waals surface area contributed by atoms with Gasteiger partial charge in [-0.2, -0.15) is 5.26 Å². The summed E-state index contributed by atoms with van der Waals surface area (Å²) in [5.41, 5.74) is 1.73. The molecule has 0 saturated heterocycles. The molecule has 0 aliphatic heterocycles. The molecular weight excluding hydrogens is 296 g/mol. The highest BCUT2D eigenvalue weighted by molar-refractivity contribution is 7.16. The summed E-state index contributed by atoms with van der Waals surface area (Å²) in [5, 5.41) is 12.8. The summed E-state index contributed by atoms with van der Waals surface area (Å²) in [6.07, 6.45) is 2.41. The average Bonchev–Trinajstić information content (AvgIpc) is 3.08. The third kappa shape index (κ3) is 2.83. The van der Waals surface area contributed by atoms with Crippen molar-refractivity contribution in [2.45, 2.75) is 32.3 Å². The number of thiophene rings is 1. The normalized spacial score (nSPS) is 14.0. The first-order valence-corrected chi connectivity index (χ1v) is 8.08. The van der Waals surface area contributed by atoms with Crippen LogP contribution in [0.2, 0.25) is 0 Å². The number of amides is 1. The van der Waals surface area contributed by atoms with Crippen LogP contribution < -0.4 is 10.1 Å². The first-order valence-electron chi connectivity index (χ1n) is 7.26.